The summed E-state index contributed by atoms with van der Waals surface area (Å²) >= 11 is 0. The summed E-state index contributed by atoms with van der Waals surface area (Å²) in [5.74, 6) is -1.41. The molecule has 1 amide bonds. The number of nitrogens with one attached hydrogen (secondary N) is 1. The van der Waals surface area contributed by atoms with Crippen LogP contribution in [0, 0.1) is 11.3 Å². The van der Waals surface area contributed by atoms with Crippen LogP contribution in [0.25, 0.3) is 0 Å². The minimum atomic E-state index is -4.63. The maximum absolute atomic E-state index is 13.6. The molecule has 2 aromatic rings. The summed E-state index contributed by atoms with van der Waals surface area (Å²) in [6, 6.07) is 12.0. The molecule has 36 heavy (non-hydrogen) atoms. The number of aliphatic imine (C=N–C) groups is 1. The zero-order valence-corrected chi connectivity index (χ0v) is 20.7. The number of nitrogens with zero attached hydrogens (tertiary/aromatic N) is 1. The van der Waals surface area contributed by atoms with Crippen molar-refractivity contribution < 1.29 is 27.5 Å². The monoisotopic (exact) mass is 498 g/mol. The number of para-hydroxylation sites is 1. The van der Waals surface area contributed by atoms with Crippen LogP contribution in [-0.2, 0) is 15.8 Å². The SMILES string of the molecule is CCOc1ccc([C@H]2C(C(=O)Nc3ccccc3C(F)(F)F)=C(C)N=C3CC(C)(C)CC(=O)C32)cc1. The molecule has 1 fully saturated rings. The Bertz CT molecular complexity index is 1240. The Morgan fingerprint density at radius 2 is 1.75 bits per heavy atom. The number of ketones is 1. The fourth-order valence-electron chi connectivity index (χ4n) is 5.22. The summed E-state index contributed by atoms with van der Waals surface area (Å²) in [7, 11) is 0. The zero-order chi connectivity index (χ0) is 26.3. The Balaban J connectivity index is 1.80. The highest BCUT2D eigenvalue weighted by atomic mass is 19.4. The predicted molar refractivity (Wildman–Crippen MR) is 132 cm³/mol. The van der Waals surface area contributed by atoms with Gasteiger partial charge in [-0.05, 0) is 55.5 Å². The Morgan fingerprint density at radius 3 is 2.39 bits per heavy atom. The van der Waals surface area contributed by atoms with Crippen molar-refractivity contribution in [3.8, 4) is 5.75 Å². The number of amides is 1. The zero-order valence-electron chi connectivity index (χ0n) is 20.7. The van der Waals surface area contributed by atoms with E-state index in [0.29, 0.717) is 42.2 Å². The van der Waals surface area contributed by atoms with E-state index in [1.165, 1.54) is 18.2 Å². The fourth-order valence-corrected chi connectivity index (χ4v) is 5.22. The van der Waals surface area contributed by atoms with Gasteiger partial charge in [-0.3, -0.25) is 14.6 Å². The van der Waals surface area contributed by atoms with Gasteiger partial charge < -0.3 is 10.1 Å². The number of carbonyl (C=O) groups excluding carboxylic acids is 2. The lowest BCUT2D eigenvalue weighted by molar-refractivity contribution is -0.137. The van der Waals surface area contributed by atoms with Gasteiger partial charge in [0.2, 0.25) is 0 Å². The first-order chi connectivity index (χ1) is 16.9. The number of alkyl halides is 3. The van der Waals surface area contributed by atoms with E-state index in [1.807, 2.05) is 20.8 Å². The Kier molecular flexibility index (Phi) is 6.82. The lowest BCUT2D eigenvalue weighted by atomic mass is 9.63. The smallest absolute Gasteiger partial charge is 0.418 e. The molecule has 1 aliphatic heterocycles. The summed E-state index contributed by atoms with van der Waals surface area (Å²) in [5.41, 5.74) is 0.459. The molecule has 8 heteroatoms. The molecule has 0 bridgehead atoms. The van der Waals surface area contributed by atoms with Crippen molar-refractivity contribution in [1.82, 2.24) is 0 Å². The summed E-state index contributed by atoms with van der Waals surface area (Å²) in [6.07, 6.45) is -3.71. The van der Waals surface area contributed by atoms with E-state index in [9.17, 15) is 22.8 Å². The van der Waals surface area contributed by atoms with E-state index in [1.54, 1.807) is 31.2 Å². The molecule has 1 N–H and O–H groups in total. The highest BCUT2D eigenvalue weighted by molar-refractivity contribution is 6.14. The first kappa shape index (κ1) is 25.7. The number of ether oxygens (including phenoxy) is 1. The molecular formula is C28H29F3N2O3. The minimum Gasteiger partial charge on any atom is -0.494 e. The Morgan fingerprint density at radius 1 is 1.08 bits per heavy atom. The molecule has 5 nitrogen and oxygen atoms in total. The summed E-state index contributed by atoms with van der Waals surface area (Å²) in [5, 5.41) is 2.45. The third kappa shape index (κ3) is 5.08. The second kappa shape index (κ2) is 9.56. The highest BCUT2D eigenvalue weighted by Crippen LogP contribution is 2.47. The first-order valence-electron chi connectivity index (χ1n) is 11.9. The number of Topliss-reactive ketones (excluding diaryl/α,β-unsaturated/α-hetero) is 1. The van der Waals surface area contributed by atoms with E-state index in [4.69, 9.17) is 4.74 Å². The third-order valence-electron chi connectivity index (χ3n) is 6.64. The number of hydrogen-bond donors (Lipinski definition) is 1. The normalized spacial score (nSPS) is 21.5. The van der Waals surface area contributed by atoms with Crippen molar-refractivity contribution in [3.63, 3.8) is 0 Å². The van der Waals surface area contributed by atoms with Crippen LogP contribution in [0.4, 0.5) is 18.9 Å². The van der Waals surface area contributed by atoms with Crippen LogP contribution in [0.3, 0.4) is 0 Å². The van der Waals surface area contributed by atoms with Gasteiger partial charge in [-0.1, -0.05) is 38.1 Å². The van der Waals surface area contributed by atoms with Crippen molar-refractivity contribution >= 4 is 23.1 Å². The van der Waals surface area contributed by atoms with Gasteiger partial charge in [0.1, 0.15) is 11.5 Å². The second-order valence-electron chi connectivity index (χ2n) is 10.0. The Hall–Kier alpha value is -3.42. The number of allylic oxidation sites excluding steroid dienone is 1. The Labute approximate surface area is 208 Å². The van der Waals surface area contributed by atoms with Gasteiger partial charge in [0.15, 0.2) is 0 Å². The predicted octanol–water partition coefficient (Wildman–Crippen LogP) is 6.56. The molecule has 2 aromatic carbocycles. The van der Waals surface area contributed by atoms with Crippen LogP contribution in [0.1, 0.15) is 57.6 Å². The molecule has 0 saturated heterocycles. The molecule has 2 aliphatic rings. The molecule has 1 heterocycles. The maximum atomic E-state index is 13.6. The summed E-state index contributed by atoms with van der Waals surface area (Å²) in [4.78, 5) is 31.6. The van der Waals surface area contributed by atoms with E-state index >= 15 is 0 Å². The number of benzene rings is 2. The number of hydrogen-bond acceptors (Lipinski definition) is 4. The third-order valence-corrected chi connectivity index (χ3v) is 6.64. The lowest BCUT2D eigenvalue weighted by Crippen LogP contribution is -2.44. The lowest BCUT2D eigenvalue weighted by Gasteiger charge is -2.41. The second-order valence-corrected chi connectivity index (χ2v) is 10.0. The van der Waals surface area contributed by atoms with Crippen molar-refractivity contribution in [3.05, 3.63) is 70.9 Å². The first-order valence-corrected chi connectivity index (χ1v) is 11.9. The number of anilines is 1. The van der Waals surface area contributed by atoms with E-state index in [-0.39, 0.29) is 22.5 Å². The molecule has 0 radical (unpaired) electrons. The number of carbonyl (C=O) groups is 2. The number of fused-ring (bicyclic) bond motifs is 1. The average Bonchev–Trinajstić information content (AvgIpc) is 2.77. The van der Waals surface area contributed by atoms with Crippen molar-refractivity contribution in [2.45, 2.75) is 52.6 Å². The molecule has 0 spiro atoms. The standard InChI is InChI=1S/C28H29F3N2O3/c1-5-36-18-12-10-17(11-13-18)24-23(16(2)32-21-14-27(3,4)15-22(34)25(21)24)26(35)33-20-9-7-6-8-19(20)28(29,30)31/h6-13,24-25H,5,14-15H2,1-4H3,(H,33,35)/t24-,25?/m0/s1. The van der Waals surface area contributed by atoms with Crippen LogP contribution < -0.4 is 10.1 Å². The van der Waals surface area contributed by atoms with Gasteiger partial charge in [-0.2, -0.15) is 13.2 Å². The van der Waals surface area contributed by atoms with Gasteiger partial charge in [0.25, 0.3) is 5.91 Å². The van der Waals surface area contributed by atoms with E-state index < -0.39 is 29.5 Å². The van der Waals surface area contributed by atoms with Crippen LogP contribution in [0.5, 0.6) is 5.75 Å². The largest absolute Gasteiger partial charge is 0.494 e. The van der Waals surface area contributed by atoms with Gasteiger partial charge >= 0.3 is 6.18 Å². The van der Waals surface area contributed by atoms with Crippen LogP contribution >= 0.6 is 0 Å². The highest BCUT2D eigenvalue weighted by Gasteiger charge is 2.47. The molecule has 1 aliphatic carbocycles. The van der Waals surface area contributed by atoms with Crippen molar-refractivity contribution in [1.29, 1.82) is 0 Å². The van der Waals surface area contributed by atoms with E-state index in [2.05, 4.69) is 10.3 Å². The van der Waals surface area contributed by atoms with Gasteiger partial charge in [0, 0.05) is 29.3 Å². The summed E-state index contributed by atoms with van der Waals surface area (Å²) < 4.78 is 46.2. The van der Waals surface area contributed by atoms with Gasteiger partial charge in [0.05, 0.1) is 23.8 Å². The summed E-state index contributed by atoms with van der Waals surface area (Å²) in [6.45, 7) is 8.03. The number of halogens is 3. The van der Waals surface area contributed by atoms with Gasteiger partial charge in [-0.15, -0.1) is 0 Å². The fraction of sp³-hybridized carbons (Fsp3) is 0.393. The van der Waals surface area contributed by atoms with Crippen molar-refractivity contribution in [2.24, 2.45) is 16.3 Å². The molecular weight excluding hydrogens is 469 g/mol. The maximum Gasteiger partial charge on any atom is 0.418 e. The molecule has 1 saturated carbocycles. The molecule has 1 unspecified atom stereocenters. The minimum absolute atomic E-state index is 0.0302. The van der Waals surface area contributed by atoms with Crippen LogP contribution in [0.2, 0.25) is 0 Å². The molecule has 0 aromatic heterocycles. The van der Waals surface area contributed by atoms with Gasteiger partial charge in [-0.25, -0.2) is 0 Å². The van der Waals surface area contributed by atoms with Crippen LogP contribution in [0.15, 0.2) is 64.8 Å². The van der Waals surface area contributed by atoms with Crippen LogP contribution in [-0.4, -0.2) is 24.0 Å². The molecule has 2 atom stereocenters. The molecule has 190 valence electrons. The number of rotatable bonds is 5. The topological polar surface area (TPSA) is 67.8 Å². The quantitative estimate of drug-likeness (QED) is 0.508. The van der Waals surface area contributed by atoms with Crippen molar-refractivity contribution in [2.75, 3.05) is 11.9 Å². The molecule has 4 rings (SSSR count). The van der Waals surface area contributed by atoms with E-state index in [0.717, 1.165) is 6.07 Å². The average molecular weight is 499 g/mol.